The highest BCUT2D eigenvalue weighted by Gasteiger charge is 2.18. The predicted octanol–water partition coefficient (Wildman–Crippen LogP) is 3.96. The fourth-order valence-corrected chi connectivity index (χ4v) is 2.58. The largest absolute Gasteiger partial charge is 0.505 e. The summed E-state index contributed by atoms with van der Waals surface area (Å²) in [5.74, 6) is -2.85. The molecule has 0 aliphatic heterocycles. The maximum Gasteiger partial charge on any atom is 0.292 e. The maximum atomic E-state index is 13.1. The molecule has 0 unspecified atom stereocenters. The van der Waals surface area contributed by atoms with Gasteiger partial charge in [-0.3, -0.25) is 4.79 Å². The Balaban J connectivity index is 1.74. The van der Waals surface area contributed by atoms with Crippen LogP contribution < -0.4 is 5.32 Å². The molecule has 2 N–H and O–H groups in total. The Labute approximate surface area is 155 Å². The van der Waals surface area contributed by atoms with Crippen LogP contribution in [0, 0.1) is 11.6 Å². The second-order valence-corrected chi connectivity index (χ2v) is 5.99. The second-order valence-electron chi connectivity index (χ2n) is 5.17. The van der Waals surface area contributed by atoms with E-state index in [1.165, 1.54) is 12.1 Å². The second kappa shape index (κ2) is 7.27. The SMILES string of the molecule is O=C(NCc1cc(F)cc(F)c1)c1noc(-c2cc(Cl)c(O)c(Cl)c2)n1. The van der Waals surface area contributed by atoms with Crippen molar-refractivity contribution in [1.82, 2.24) is 15.5 Å². The topological polar surface area (TPSA) is 88.2 Å². The van der Waals surface area contributed by atoms with Gasteiger partial charge in [-0.2, -0.15) is 4.98 Å². The van der Waals surface area contributed by atoms with Gasteiger partial charge in [-0.15, -0.1) is 0 Å². The van der Waals surface area contributed by atoms with Gasteiger partial charge in [-0.25, -0.2) is 8.78 Å². The van der Waals surface area contributed by atoms with Crippen molar-refractivity contribution in [3.8, 4) is 17.2 Å². The van der Waals surface area contributed by atoms with Crippen LogP contribution in [0.5, 0.6) is 5.75 Å². The summed E-state index contributed by atoms with van der Waals surface area (Å²) in [5, 5.41) is 15.4. The molecule has 0 aliphatic carbocycles. The molecule has 6 nitrogen and oxygen atoms in total. The van der Waals surface area contributed by atoms with Crippen LogP contribution in [0.4, 0.5) is 8.78 Å². The van der Waals surface area contributed by atoms with Crippen molar-refractivity contribution >= 4 is 29.1 Å². The Bertz CT molecular complexity index is 951. The molecule has 0 saturated carbocycles. The van der Waals surface area contributed by atoms with Crippen LogP contribution in [-0.4, -0.2) is 21.2 Å². The Morgan fingerprint density at radius 1 is 1.12 bits per heavy atom. The summed E-state index contributed by atoms with van der Waals surface area (Å²) in [7, 11) is 0. The van der Waals surface area contributed by atoms with Crippen molar-refractivity contribution in [3.63, 3.8) is 0 Å². The third kappa shape index (κ3) is 3.92. The molecule has 26 heavy (non-hydrogen) atoms. The first-order valence-electron chi connectivity index (χ1n) is 7.09. The van der Waals surface area contributed by atoms with Crippen LogP contribution in [-0.2, 0) is 6.54 Å². The summed E-state index contributed by atoms with van der Waals surface area (Å²) in [5.41, 5.74) is 0.535. The van der Waals surface area contributed by atoms with Gasteiger partial charge in [0.25, 0.3) is 17.6 Å². The molecule has 0 aliphatic rings. The minimum absolute atomic E-state index is 0.0233. The molecule has 0 radical (unpaired) electrons. The molecule has 3 rings (SSSR count). The van der Waals surface area contributed by atoms with Crippen LogP contribution in [0.3, 0.4) is 0 Å². The molecular weight excluding hydrogens is 391 g/mol. The summed E-state index contributed by atoms with van der Waals surface area (Å²) < 4.78 is 31.2. The number of carbonyl (C=O) groups excluding carboxylic acids is 1. The van der Waals surface area contributed by atoms with Crippen LogP contribution in [0.2, 0.25) is 10.0 Å². The highest BCUT2D eigenvalue weighted by atomic mass is 35.5. The lowest BCUT2D eigenvalue weighted by molar-refractivity contribution is 0.0937. The highest BCUT2D eigenvalue weighted by Crippen LogP contribution is 2.35. The lowest BCUT2D eigenvalue weighted by atomic mass is 10.2. The van der Waals surface area contributed by atoms with Crippen LogP contribution in [0.1, 0.15) is 16.2 Å². The number of nitrogens with one attached hydrogen (secondary N) is 1. The first-order valence-corrected chi connectivity index (χ1v) is 7.84. The first kappa shape index (κ1) is 18.1. The maximum absolute atomic E-state index is 13.1. The molecule has 0 saturated heterocycles. The Morgan fingerprint density at radius 3 is 2.35 bits per heavy atom. The smallest absolute Gasteiger partial charge is 0.292 e. The molecular formula is C16H9Cl2F2N3O3. The fraction of sp³-hybridized carbons (Fsp3) is 0.0625. The summed E-state index contributed by atoms with van der Waals surface area (Å²) in [6.45, 7) is -0.131. The number of nitrogens with zero attached hydrogens (tertiary/aromatic N) is 2. The molecule has 0 atom stereocenters. The first-order chi connectivity index (χ1) is 12.3. The van der Waals surface area contributed by atoms with Gasteiger partial charge in [0.05, 0.1) is 10.0 Å². The number of phenols is 1. The number of hydrogen-bond acceptors (Lipinski definition) is 5. The van der Waals surface area contributed by atoms with Gasteiger partial charge < -0.3 is 14.9 Å². The minimum atomic E-state index is -0.753. The number of amides is 1. The van der Waals surface area contributed by atoms with Crippen molar-refractivity contribution in [1.29, 1.82) is 0 Å². The molecule has 0 spiro atoms. The van der Waals surface area contributed by atoms with Crippen LogP contribution in [0.25, 0.3) is 11.5 Å². The molecule has 1 aromatic heterocycles. The quantitative estimate of drug-likeness (QED) is 0.692. The van der Waals surface area contributed by atoms with E-state index in [4.69, 9.17) is 27.7 Å². The van der Waals surface area contributed by atoms with E-state index < -0.39 is 17.5 Å². The molecule has 1 amide bonds. The molecule has 1 heterocycles. The summed E-state index contributed by atoms with van der Waals surface area (Å²) >= 11 is 11.6. The van der Waals surface area contributed by atoms with Gasteiger partial charge in [0.15, 0.2) is 5.75 Å². The van der Waals surface area contributed by atoms with E-state index in [1.807, 2.05) is 0 Å². The molecule has 0 bridgehead atoms. The Kier molecular flexibility index (Phi) is 5.06. The van der Waals surface area contributed by atoms with E-state index in [0.29, 0.717) is 5.56 Å². The van der Waals surface area contributed by atoms with Gasteiger partial charge in [-0.1, -0.05) is 28.4 Å². The highest BCUT2D eigenvalue weighted by molar-refractivity contribution is 6.37. The van der Waals surface area contributed by atoms with E-state index in [-0.39, 0.29) is 39.6 Å². The number of halogens is 4. The van der Waals surface area contributed by atoms with Gasteiger partial charge >= 0.3 is 0 Å². The van der Waals surface area contributed by atoms with Crippen molar-refractivity contribution < 1.29 is 23.2 Å². The molecule has 2 aromatic carbocycles. The Morgan fingerprint density at radius 2 is 1.73 bits per heavy atom. The number of aromatic hydroxyl groups is 1. The molecule has 0 fully saturated rings. The van der Waals surface area contributed by atoms with Crippen molar-refractivity contribution in [3.05, 3.63) is 63.4 Å². The molecule has 10 heteroatoms. The standard InChI is InChI=1S/C16H9Cl2F2N3O3/c17-11-3-8(4-12(18)13(11)24)16-22-14(23-26-16)15(25)21-6-7-1-9(19)5-10(20)2-7/h1-5,24H,6H2,(H,21,25). The monoisotopic (exact) mass is 399 g/mol. The average Bonchev–Trinajstić information content (AvgIpc) is 3.06. The summed E-state index contributed by atoms with van der Waals surface area (Å²) in [6.07, 6.45) is 0. The van der Waals surface area contributed by atoms with E-state index in [2.05, 4.69) is 15.5 Å². The third-order valence-electron chi connectivity index (χ3n) is 3.27. The number of benzene rings is 2. The average molecular weight is 400 g/mol. The van der Waals surface area contributed by atoms with E-state index in [1.54, 1.807) is 0 Å². The fourth-order valence-electron chi connectivity index (χ4n) is 2.10. The summed E-state index contributed by atoms with van der Waals surface area (Å²) in [4.78, 5) is 15.9. The zero-order valence-corrected chi connectivity index (χ0v) is 14.3. The van der Waals surface area contributed by atoms with Gasteiger partial charge in [-0.05, 0) is 29.8 Å². The number of aromatic nitrogens is 2. The lowest BCUT2D eigenvalue weighted by Crippen LogP contribution is -2.24. The minimum Gasteiger partial charge on any atom is -0.505 e. The van der Waals surface area contributed by atoms with Crippen molar-refractivity contribution in [2.75, 3.05) is 0 Å². The zero-order valence-electron chi connectivity index (χ0n) is 12.8. The van der Waals surface area contributed by atoms with Crippen molar-refractivity contribution in [2.24, 2.45) is 0 Å². The lowest BCUT2D eigenvalue weighted by Gasteiger charge is -2.03. The normalized spacial score (nSPS) is 10.8. The Hall–Kier alpha value is -2.71. The third-order valence-corrected chi connectivity index (χ3v) is 3.84. The number of phenolic OH excluding ortho intramolecular Hbond substituents is 1. The number of hydrogen-bond donors (Lipinski definition) is 2. The van der Waals surface area contributed by atoms with Gasteiger partial charge in [0, 0.05) is 18.2 Å². The van der Waals surface area contributed by atoms with E-state index >= 15 is 0 Å². The van der Waals surface area contributed by atoms with Crippen molar-refractivity contribution in [2.45, 2.75) is 6.54 Å². The van der Waals surface area contributed by atoms with E-state index in [0.717, 1.165) is 18.2 Å². The zero-order chi connectivity index (χ0) is 18.8. The number of carbonyl (C=O) groups is 1. The van der Waals surface area contributed by atoms with Gasteiger partial charge in [0.1, 0.15) is 11.6 Å². The molecule has 134 valence electrons. The predicted molar refractivity (Wildman–Crippen MR) is 88.9 cm³/mol. The van der Waals surface area contributed by atoms with Gasteiger partial charge in [0.2, 0.25) is 0 Å². The summed E-state index contributed by atoms with van der Waals surface area (Å²) in [6, 6.07) is 5.59. The van der Waals surface area contributed by atoms with Crippen LogP contribution in [0.15, 0.2) is 34.9 Å². The van der Waals surface area contributed by atoms with E-state index in [9.17, 15) is 18.7 Å². The van der Waals surface area contributed by atoms with Crippen LogP contribution >= 0.6 is 23.2 Å². The number of rotatable bonds is 4. The molecule has 3 aromatic rings.